The predicted molar refractivity (Wildman–Crippen MR) is 85.1 cm³/mol. The number of likely N-dealkylation sites (tertiary alicyclic amines) is 1. The van der Waals surface area contributed by atoms with Crippen molar-refractivity contribution in [2.24, 2.45) is 5.92 Å². The molecule has 1 saturated heterocycles. The summed E-state index contributed by atoms with van der Waals surface area (Å²) in [6, 6.07) is 8.66. The number of nitrogens with zero attached hydrogens (tertiary/aromatic N) is 1. The van der Waals surface area contributed by atoms with Gasteiger partial charge in [-0.1, -0.05) is 38.8 Å². The van der Waals surface area contributed by atoms with Gasteiger partial charge >= 0.3 is 0 Å². The van der Waals surface area contributed by atoms with E-state index in [1.54, 1.807) is 0 Å². The van der Waals surface area contributed by atoms with Crippen molar-refractivity contribution in [3.8, 4) is 5.75 Å². The van der Waals surface area contributed by atoms with E-state index in [2.05, 4.69) is 43.0 Å². The van der Waals surface area contributed by atoms with Crippen LogP contribution in [0.2, 0.25) is 0 Å². The molecule has 1 aliphatic heterocycles. The van der Waals surface area contributed by atoms with Crippen LogP contribution < -0.4 is 4.74 Å². The minimum atomic E-state index is 0.834. The lowest BCUT2D eigenvalue weighted by molar-refractivity contribution is 0.175. The molecule has 2 rings (SSSR count). The Labute approximate surface area is 124 Å². The van der Waals surface area contributed by atoms with Gasteiger partial charge in [0.25, 0.3) is 0 Å². The van der Waals surface area contributed by atoms with Crippen LogP contribution in [0.1, 0.15) is 51.5 Å². The van der Waals surface area contributed by atoms with Crippen molar-refractivity contribution < 1.29 is 4.74 Å². The zero-order chi connectivity index (χ0) is 14.2. The first-order valence-corrected chi connectivity index (χ1v) is 8.26. The van der Waals surface area contributed by atoms with Crippen molar-refractivity contribution in [2.45, 2.75) is 52.5 Å². The SMILES string of the molecule is CCCCOc1ccc(CN2CCC(CC)CC2)cc1. The van der Waals surface area contributed by atoms with Crippen LogP contribution in [0.4, 0.5) is 0 Å². The molecule has 0 bridgehead atoms. The van der Waals surface area contributed by atoms with Gasteiger partial charge in [-0.05, 0) is 56.0 Å². The molecule has 0 saturated carbocycles. The monoisotopic (exact) mass is 275 g/mol. The van der Waals surface area contributed by atoms with Crippen molar-refractivity contribution in [1.82, 2.24) is 4.90 Å². The summed E-state index contributed by atoms with van der Waals surface area (Å²) in [5.41, 5.74) is 1.41. The Kier molecular flexibility index (Phi) is 6.38. The van der Waals surface area contributed by atoms with Crippen LogP contribution in [-0.4, -0.2) is 24.6 Å². The number of hydrogen-bond donors (Lipinski definition) is 0. The average molecular weight is 275 g/mol. The van der Waals surface area contributed by atoms with E-state index in [1.165, 1.54) is 44.3 Å². The molecule has 1 fully saturated rings. The maximum atomic E-state index is 5.71. The second-order valence-electron chi connectivity index (χ2n) is 5.97. The van der Waals surface area contributed by atoms with Crippen LogP contribution in [0.5, 0.6) is 5.75 Å². The van der Waals surface area contributed by atoms with Gasteiger partial charge in [-0.2, -0.15) is 0 Å². The highest BCUT2D eigenvalue weighted by atomic mass is 16.5. The van der Waals surface area contributed by atoms with E-state index in [1.807, 2.05) is 0 Å². The predicted octanol–water partition coefficient (Wildman–Crippen LogP) is 4.49. The molecule has 0 amide bonds. The molecule has 0 unspecified atom stereocenters. The highest BCUT2D eigenvalue weighted by Gasteiger charge is 2.17. The Morgan fingerprint density at radius 1 is 1.10 bits per heavy atom. The maximum Gasteiger partial charge on any atom is 0.119 e. The van der Waals surface area contributed by atoms with E-state index >= 15 is 0 Å². The van der Waals surface area contributed by atoms with Crippen LogP contribution in [0.15, 0.2) is 24.3 Å². The number of piperidine rings is 1. The molecule has 1 heterocycles. The molecule has 0 spiro atoms. The van der Waals surface area contributed by atoms with Crippen molar-refractivity contribution in [2.75, 3.05) is 19.7 Å². The lowest BCUT2D eigenvalue weighted by Crippen LogP contribution is -2.32. The highest BCUT2D eigenvalue weighted by molar-refractivity contribution is 5.27. The summed E-state index contributed by atoms with van der Waals surface area (Å²) in [6.07, 6.45) is 6.40. The molecule has 0 radical (unpaired) electrons. The summed E-state index contributed by atoms with van der Waals surface area (Å²) in [4.78, 5) is 2.58. The lowest BCUT2D eigenvalue weighted by Gasteiger charge is -2.31. The Morgan fingerprint density at radius 2 is 1.80 bits per heavy atom. The second-order valence-corrected chi connectivity index (χ2v) is 5.97. The fraction of sp³-hybridized carbons (Fsp3) is 0.667. The molecule has 0 aliphatic carbocycles. The van der Waals surface area contributed by atoms with Crippen LogP contribution in [0.3, 0.4) is 0 Å². The molecule has 20 heavy (non-hydrogen) atoms. The van der Waals surface area contributed by atoms with Gasteiger partial charge in [0.2, 0.25) is 0 Å². The van der Waals surface area contributed by atoms with Gasteiger partial charge in [0.05, 0.1) is 6.61 Å². The molecule has 0 N–H and O–H groups in total. The Bertz CT molecular complexity index is 366. The van der Waals surface area contributed by atoms with Crippen molar-refractivity contribution >= 4 is 0 Å². The Hall–Kier alpha value is -1.02. The summed E-state index contributed by atoms with van der Waals surface area (Å²) in [5.74, 6) is 1.97. The average Bonchev–Trinajstić information content (AvgIpc) is 2.50. The van der Waals surface area contributed by atoms with E-state index in [0.717, 1.165) is 31.2 Å². The van der Waals surface area contributed by atoms with Gasteiger partial charge in [0.15, 0.2) is 0 Å². The number of rotatable bonds is 7. The first-order valence-electron chi connectivity index (χ1n) is 8.26. The van der Waals surface area contributed by atoms with E-state index in [4.69, 9.17) is 4.74 Å². The fourth-order valence-electron chi connectivity index (χ4n) is 2.84. The van der Waals surface area contributed by atoms with E-state index < -0.39 is 0 Å². The second kappa shape index (κ2) is 8.31. The first-order chi connectivity index (χ1) is 9.81. The van der Waals surface area contributed by atoms with Gasteiger partial charge in [-0.3, -0.25) is 4.90 Å². The number of hydrogen-bond acceptors (Lipinski definition) is 2. The molecular formula is C18H29NO. The van der Waals surface area contributed by atoms with Gasteiger partial charge in [0.1, 0.15) is 5.75 Å². The summed E-state index contributed by atoms with van der Waals surface area (Å²) in [5, 5.41) is 0. The van der Waals surface area contributed by atoms with Crippen molar-refractivity contribution in [3.63, 3.8) is 0 Å². The van der Waals surface area contributed by atoms with Gasteiger partial charge < -0.3 is 4.74 Å². The smallest absolute Gasteiger partial charge is 0.119 e. The van der Waals surface area contributed by atoms with E-state index in [9.17, 15) is 0 Å². The highest BCUT2D eigenvalue weighted by Crippen LogP contribution is 2.22. The minimum absolute atomic E-state index is 0.834. The third kappa shape index (κ3) is 4.82. The third-order valence-corrected chi connectivity index (χ3v) is 4.38. The zero-order valence-electron chi connectivity index (χ0n) is 13.1. The summed E-state index contributed by atoms with van der Waals surface area (Å²) in [6.45, 7) is 8.94. The van der Waals surface area contributed by atoms with Gasteiger partial charge in [-0.25, -0.2) is 0 Å². The maximum absolute atomic E-state index is 5.71. The van der Waals surface area contributed by atoms with Crippen molar-refractivity contribution in [3.05, 3.63) is 29.8 Å². The quantitative estimate of drug-likeness (QED) is 0.680. The lowest BCUT2D eigenvalue weighted by atomic mass is 9.94. The first kappa shape index (κ1) is 15.4. The van der Waals surface area contributed by atoms with Crippen LogP contribution in [-0.2, 0) is 6.54 Å². The fourth-order valence-corrected chi connectivity index (χ4v) is 2.84. The molecule has 112 valence electrons. The van der Waals surface area contributed by atoms with E-state index in [0.29, 0.717) is 0 Å². The molecule has 0 atom stereocenters. The molecule has 1 aromatic carbocycles. The van der Waals surface area contributed by atoms with Crippen LogP contribution >= 0.6 is 0 Å². The minimum Gasteiger partial charge on any atom is -0.494 e. The summed E-state index contributed by atoms with van der Waals surface area (Å²) < 4.78 is 5.71. The number of ether oxygens (including phenoxy) is 1. The standard InChI is InChI=1S/C18H29NO/c1-3-5-14-20-18-8-6-17(7-9-18)15-19-12-10-16(4-2)11-13-19/h6-9,16H,3-5,10-15H2,1-2H3. The van der Waals surface area contributed by atoms with E-state index in [-0.39, 0.29) is 0 Å². The van der Waals surface area contributed by atoms with Gasteiger partial charge in [-0.15, -0.1) is 0 Å². The largest absolute Gasteiger partial charge is 0.494 e. The molecule has 2 nitrogen and oxygen atoms in total. The molecule has 1 aliphatic rings. The van der Waals surface area contributed by atoms with Crippen LogP contribution in [0, 0.1) is 5.92 Å². The third-order valence-electron chi connectivity index (χ3n) is 4.38. The Morgan fingerprint density at radius 3 is 2.40 bits per heavy atom. The summed E-state index contributed by atoms with van der Waals surface area (Å²) in [7, 11) is 0. The molecule has 0 aromatic heterocycles. The van der Waals surface area contributed by atoms with Gasteiger partial charge in [0, 0.05) is 6.54 Å². The Balaban J connectivity index is 1.76. The topological polar surface area (TPSA) is 12.5 Å². The van der Waals surface area contributed by atoms with Crippen molar-refractivity contribution in [1.29, 1.82) is 0 Å². The molecular weight excluding hydrogens is 246 g/mol. The molecule has 1 aromatic rings. The normalized spacial score (nSPS) is 17.3. The van der Waals surface area contributed by atoms with Crippen LogP contribution in [0.25, 0.3) is 0 Å². The number of unbranched alkanes of at least 4 members (excludes halogenated alkanes) is 1. The summed E-state index contributed by atoms with van der Waals surface area (Å²) >= 11 is 0. The number of benzene rings is 1. The zero-order valence-corrected chi connectivity index (χ0v) is 13.1. The molecule has 2 heteroatoms.